The topological polar surface area (TPSA) is 55.1 Å². The van der Waals surface area contributed by atoms with Crippen LogP contribution < -0.4 is 11.1 Å². The summed E-state index contributed by atoms with van der Waals surface area (Å²) in [4.78, 5) is 10.8. The highest BCUT2D eigenvalue weighted by Gasteiger charge is 2.30. The fourth-order valence-electron chi connectivity index (χ4n) is 0.773. The Morgan fingerprint density at radius 2 is 1.92 bits per heavy atom. The number of hydrogen-bond acceptors (Lipinski definition) is 2. The zero-order valence-electron chi connectivity index (χ0n) is 7.48. The van der Waals surface area contributed by atoms with Gasteiger partial charge < -0.3 is 11.1 Å². The number of halogens is 3. The molecule has 0 aromatic carbocycles. The number of carbonyl (C=O) groups is 1. The molecule has 0 aliphatic rings. The molecule has 78 valence electrons. The van der Waals surface area contributed by atoms with Crippen LogP contribution in [0.4, 0.5) is 13.2 Å². The molecule has 3 nitrogen and oxygen atoms in total. The van der Waals surface area contributed by atoms with Crippen LogP contribution in [0.1, 0.15) is 20.3 Å². The van der Waals surface area contributed by atoms with Gasteiger partial charge in [-0.3, -0.25) is 4.79 Å². The van der Waals surface area contributed by atoms with Gasteiger partial charge in [0.05, 0.1) is 12.5 Å². The molecule has 0 heterocycles. The molecule has 0 aromatic rings. The third-order valence-electron chi connectivity index (χ3n) is 1.34. The summed E-state index contributed by atoms with van der Waals surface area (Å²) in [6, 6.07) is -1.71. The van der Waals surface area contributed by atoms with Gasteiger partial charge in [0.15, 0.2) is 0 Å². The maximum absolute atomic E-state index is 11.8. The van der Waals surface area contributed by atoms with Crippen LogP contribution in [0.15, 0.2) is 0 Å². The highest BCUT2D eigenvalue weighted by atomic mass is 19.4. The second-order valence-corrected chi connectivity index (χ2v) is 3.02. The molecule has 0 aliphatic heterocycles. The molecule has 0 spiro atoms. The van der Waals surface area contributed by atoms with Crippen molar-refractivity contribution in [3.8, 4) is 0 Å². The minimum absolute atomic E-state index is 0.572. The summed E-state index contributed by atoms with van der Waals surface area (Å²) in [7, 11) is 0. The van der Waals surface area contributed by atoms with Crippen molar-refractivity contribution >= 4 is 5.91 Å². The van der Waals surface area contributed by atoms with Gasteiger partial charge >= 0.3 is 6.18 Å². The summed E-state index contributed by atoms with van der Waals surface area (Å²) in [5.74, 6) is -0.572. The van der Waals surface area contributed by atoms with Crippen LogP contribution in [0, 0.1) is 0 Å². The Labute approximate surface area is 74.5 Å². The lowest BCUT2D eigenvalue weighted by Gasteiger charge is -2.16. The lowest BCUT2D eigenvalue weighted by Crippen LogP contribution is -2.44. The van der Waals surface area contributed by atoms with Crippen LogP contribution in [-0.4, -0.2) is 24.2 Å². The van der Waals surface area contributed by atoms with Gasteiger partial charge in [-0.15, -0.1) is 0 Å². The van der Waals surface area contributed by atoms with Gasteiger partial charge in [-0.05, 0) is 13.8 Å². The third kappa shape index (κ3) is 6.39. The van der Waals surface area contributed by atoms with Crippen LogP contribution in [0.5, 0.6) is 0 Å². The van der Waals surface area contributed by atoms with Crippen molar-refractivity contribution in [2.24, 2.45) is 5.73 Å². The van der Waals surface area contributed by atoms with Gasteiger partial charge in [0, 0.05) is 6.04 Å². The van der Waals surface area contributed by atoms with E-state index < -0.39 is 30.6 Å². The van der Waals surface area contributed by atoms with E-state index in [0.717, 1.165) is 0 Å². The summed E-state index contributed by atoms with van der Waals surface area (Å²) >= 11 is 0. The van der Waals surface area contributed by atoms with Crippen molar-refractivity contribution in [1.82, 2.24) is 5.32 Å². The summed E-state index contributed by atoms with van der Waals surface area (Å²) in [6.07, 6.45) is -5.30. The smallest absolute Gasteiger partial charge is 0.352 e. The molecule has 0 rings (SSSR count). The van der Waals surface area contributed by atoms with Gasteiger partial charge in [0.25, 0.3) is 0 Å². The van der Waals surface area contributed by atoms with Crippen molar-refractivity contribution in [3.63, 3.8) is 0 Å². The van der Waals surface area contributed by atoms with E-state index in [1.807, 2.05) is 0 Å². The van der Waals surface area contributed by atoms with Crippen molar-refractivity contribution < 1.29 is 18.0 Å². The standard InChI is InChI=1S/C7H13F3N2O/c1-4(3-7(8,9)10)12-6(13)5(2)11/h4-5H,3,11H2,1-2H3,(H,12,13)/t4?,5-/m0/s1. The van der Waals surface area contributed by atoms with Gasteiger partial charge in [-0.1, -0.05) is 0 Å². The van der Waals surface area contributed by atoms with Gasteiger partial charge in [0.1, 0.15) is 0 Å². The first kappa shape index (κ1) is 12.2. The highest BCUT2D eigenvalue weighted by Crippen LogP contribution is 2.21. The van der Waals surface area contributed by atoms with E-state index in [2.05, 4.69) is 5.32 Å². The van der Waals surface area contributed by atoms with Crippen molar-refractivity contribution in [2.75, 3.05) is 0 Å². The van der Waals surface area contributed by atoms with Crippen molar-refractivity contribution in [2.45, 2.75) is 38.5 Å². The lowest BCUT2D eigenvalue weighted by molar-refractivity contribution is -0.141. The predicted octanol–water partition coefficient (Wildman–Crippen LogP) is 0.791. The van der Waals surface area contributed by atoms with E-state index in [1.165, 1.54) is 13.8 Å². The number of nitrogens with one attached hydrogen (secondary N) is 1. The van der Waals surface area contributed by atoms with E-state index in [9.17, 15) is 18.0 Å². The Morgan fingerprint density at radius 1 is 1.46 bits per heavy atom. The van der Waals surface area contributed by atoms with Crippen LogP contribution in [0.2, 0.25) is 0 Å². The largest absolute Gasteiger partial charge is 0.391 e. The average Bonchev–Trinajstić information content (AvgIpc) is 1.81. The maximum Gasteiger partial charge on any atom is 0.391 e. The first-order valence-electron chi connectivity index (χ1n) is 3.85. The lowest BCUT2D eigenvalue weighted by atomic mass is 10.2. The molecule has 0 aromatic heterocycles. The molecular formula is C7H13F3N2O. The van der Waals surface area contributed by atoms with E-state index in [0.29, 0.717) is 0 Å². The second-order valence-electron chi connectivity index (χ2n) is 3.02. The molecule has 0 aliphatic carbocycles. The first-order chi connectivity index (χ1) is 5.72. The summed E-state index contributed by atoms with van der Waals surface area (Å²) in [5, 5.41) is 2.15. The average molecular weight is 198 g/mol. The summed E-state index contributed by atoms with van der Waals surface area (Å²) in [6.45, 7) is 2.70. The SMILES string of the molecule is CC(CC(F)(F)F)NC(=O)[C@H](C)N. The highest BCUT2D eigenvalue weighted by molar-refractivity contribution is 5.81. The van der Waals surface area contributed by atoms with Crippen molar-refractivity contribution in [1.29, 1.82) is 0 Å². The Hall–Kier alpha value is -0.780. The van der Waals surface area contributed by atoms with E-state index in [-0.39, 0.29) is 0 Å². The Morgan fingerprint density at radius 3 is 2.23 bits per heavy atom. The van der Waals surface area contributed by atoms with Crippen molar-refractivity contribution in [3.05, 3.63) is 0 Å². The zero-order valence-corrected chi connectivity index (χ0v) is 7.48. The van der Waals surface area contributed by atoms with E-state index in [4.69, 9.17) is 5.73 Å². The molecular weight excluding hydrogens is 185 g/mol. The van der Waals surface area contributed by atoms with Crippen LogP contribution in [0.25, 0.3) is 0 Å². The molecule has 2 atom stereocenters. The number of alkyl halides is 3. The Balaban J connectivity index is 3.88. The molecule has 0 saturated heterocycles. The molecule has 1 amide bonds. The Kier molecular flexibility index (Phi) is 4.19. The number of carbonyl (C=O) groups excluding carboxylic acids is 1. The first-order valence-corrected chi connectivity index (χ1v) is 3.85. The van der Waals surface area contributed by atoms with Crippen LogP contribution in [0.3, 0.4) is 0 Å². The summed E-state index contributed by atoms with van der Waals surface area (Å²) < 4.78 is 35.3. The molecule has 0 radical (unpaired) electrons. The molecule has 0 bridgehead atoms. The molecule has 1 unspecified atom stereocenters. The fourth-order valence-corrected chi connectivity index (χ4v) is 0.773. The molecule has 6 heteroatoms. The molecule has 13 heavy (non-hydrogen) atoms. The normalized spacial score (nSPS) is 16.5. The number of rotatable bonds is 3. The third-order valence-corrected chi connectivity index (χ3v) is 1.34. The summed E-state index contributed by atoms with van der Waals surface area (Å²) in [5.41, 5.74) is 5.15. The maximum atomic E-state index is 11.8. The second kappa shape index (κ2) is 4.45. The van der Waals surface area contributed by atoms with Crippen LogP contribution >= 0.6 is 0 Å². The molecule has 0 fully saturated rings. The number of hydrogen-bond donors (Lipinski definition) is 2. The Bertz CT molecular complexity index is 179. The van der Waals surface area contributed by atoms with E-state index in [1.54, 1.807) is 0 Å². The minimum Gasteiger partial charge on any atom is -0.352 e. The molecule has 0 saturated carbocycles. The zero-order chi connectivity index (χ0) is 10.6. The minimum atomic E-state index is -4.26. The predicted molar refractivity (Wildman–Crippen MR) is 41.9 cm³/mol. The molecule has 3 N–H and O–H groups in total. The monoisotopic (exact) mass is 198 g/mol. The number of amides is 1. The number of nitrogens with two attached hydrogens (primary N) is 1. The fraction of sp³-hybridized carbons (Fsp3) is 0.857. The van der Waals surface area contributed by atoms with Crippen LogP contribution in [-0.2, 0) is 4.79 Å². The van der Waals surface area contributed by atoms with E-state index >= 15 is 0 Å². The van der Waals surface area contributed by atoms with Gasteiger partial charge in [0.2, 0.25) is 5.91 Å². The van der Waals surface area contributed by atoms with Gasteiger partial charge in [-0.2, -0.15) is 13.2 Å². The van der Waals surface area contributed by atoms with Gasteiger partial charge in [-0.25, -0.2) is 0 Å². The quantitative estimate of drug-likeness (QED) is 0.704.